The summed E-state index contributed by atoms with van der Waals surface area (Å²) in [5.74, 6) is 0. The number of benzene rings is 8. The van der Waals surface area contributed by atoms with E-state index in [9.17, 15) is 0 Å². The molecule has 0 amide bonds. The third-order valence-corrected chi connectivity index (χ3v) is 10.6. The summed E-state index contributed by atoms with van der Waals surface area (Å²) in [6.07, 6.45) is 0. The van der Waals surface area contributed by atoms with E-state index >= 15 is 0 Å². The first-order chi connectivity index (χ1) is 25.3. The van der Waals surface area contributed by atoms with Crippen LogP contribution in [-0.4, -0.2) is 13.7 Å². The topological polar surface area (TPSA) is 14.8 Å². The van der Waals surface area contributed by atoms with Gasteiger partial charge in [-0.3, -0.25) is 0 Å². The van der Waals surface area contributed by atoms with Gasteiger partial charge in [-0.05, 0) is 71.8 Å². The molecule has 3 heterocycles. The predicted octanol–water partition coefficient (Wildman–Crippen LogP) is 12.6. The van der Waals surface area contributed by atoms with Crippen molar-refractivity contribution < 1.29 is 0 Å². The van der Waals surface area contributed by atoms with Crippen LogP contribution in [0.5, 0.6) is 0 Å². The molecule has 11 aromatic rings. The van der Waals surface area contributed by atoms with E-state index < -0.39 is 0 Å². The molecule has 3 heteroatoms. The van der Waals surface area contributed by atoms with Gasteiger partial charge in [0, 0.05) is 44.0 Å². The summed E-state index contributed by atoms with van der Waals surface area (Å²) in [7, 11) is 0. The van der Waals surface area contributed by atoms with Gasteiger partial charge < -0.3 is 13.7 Å². The van der Waals surface area contributed by atoms with Gasteiger partial charge in [0.1, 0.15) is 0 Å². The van der Waals surface area contributed by atoms with Crippen LogP contribution in [0.15, 0.2) is 188 Å². The van der Waals surface area contributed by atoms with E-state index in [1.54, 1.807) is 0 Å². The van der Waals surface area contributed by atoms with Crippen LogP contribution in [-0.2, 0) is 0 Å². The maximum Gasteiger partial charge on any atom is 0.0618 e. The monoisotopic (exact) mass is 649 g/mol. The molecule has 51 heavy (non-hydrogen) atoms. The average molecular weight is 650 g/mol. The number of aromatic nitrogens is 3. The number of fused-ring (bicyclic) bond motifs is 3. The molecule has 3 nitrogen and oxygen atoms in total. The SMILES string of the molecule is c1ccc(-c2cccc(-c3ccccc3)c2-n2c3ccccc3c3cc(-n4c5cccc6c5c5c(cccc54)n6-c4ccccc4)ccc32)cc1. The minimum atomic E-state index is 1.16. The first-order valence-corrected chi connectivity index (χ1v) is 17.5. The minimum absolute atomic E-state index is 1.16. The summed E-state index contributed by atoms with van der Waals surface area (Å²) in [4.78, 5) is 0. The molecule has 0 N–H and O–H groups in total. The zero-order chi connectivity index (χ0) is 33.5. The maximum atomic E-state index is 2.49. The van der Waals surface area contributed by atoms with E-state index in [4.69, 9.17) is 0 Å². The molecule has 0 atom stereocenters. The lowest BCUT2D eigenvalue weighted by molar-refractivity contribution is 1.15. The van der Waals surface area contributed by atoms with Crippen LogP contribution in [0.1, 0.15) is 0 Å². The van der Waals surface area contributed by atoms with Crippen molar-refractivity contribution in [1.29, 1.82) is 0 Å². The molecule has 0 aliphatic carbocycles. The van der Waals surface area contributed by atoms with Crippen molar-refractivity contribution in [2.24, 2.45) is 0 Å². The summed E-state index contributed by atoms with van der Waals surface area (Å²) in [5, 5.41) is 5.08. The van der Waals surface area contributed by atoms with E-state index in [0.717, 1.165) is 5.69 Å². The van der Waals surface area contributed by atoms with Gasteiger partial charge >= 0.3 is 0 Å². The molecule has 8 aromatic carbocycles. The molecule has 238 valence electrons. The van der Waals surface area contributed by atoms with Gasteiger partial charge in [0.25, 0.3) is 0 Å². The molecule has 11 rings (SSSR count). The van der Waals surface area contributed by atoms with Gasteiger partial charge in [-0.25, -0.2) is 0 Å². The molecular weight excluding hydrogens is 619 g/mol. The largest absolute Gasteiger partial charge is 0.309 e. The van der Waals surface area contributed by atoms with Crippen molar-refractivity contribution >= 4 is 54.6 Å². The van der Waals surface area contributed by atoms with Crippen molar-refractivity contribution in [1.82, 2.24) is 13.7 Å². The van der Waals surface area contributed by atoms with Gasteiger partial charge in [-0.15, -0.1) is 0 Å². The molecule has 3 aromatic heterocycles. The van der Waals surface area contributed by atoms with Crippen LogP contribution >= 0.6 is 0 Å². The van der Waals surface area contributed by atoms with Crippen LogP contribution in [0.3, 0.4) is 0 Å². The van der Waals surface area contributed by atoms with Crippen molar-refractivity contribution in [3.05, 3.63) is 188 Å². The third-order valence-electron chi connectivity index (χ3n) is 10.6. The van der Waals surface area contributed by atoms with Crippen molar-refractivity contribution in [3.8, 4) is 39.3 Å². The number of nitrogens with zero attached hydrogens (tertiary/aromatic N) is 3. The Morgan fingerprint density at radius 2 is 0.725 bits per heavy atom. The molecule has 0 saturated heterocycles. The number of hydrogen-bond donors (Lipinski definition) is 0. The Hall–Kier alpha value is -6.84. The Balaban J connectivity index is 1.20. The predicted molar refractivity (Wildman–Crippen MR) is 214 cm³/mol. The van der Waals surface area contributed by atoms with E-state index in [1.807, 2.05) is 0 Å². The van der Waals surface area contributed by atoms with Gasteiger partial charge in [0.15, 0.2) is 0 Å². The fraction of sp³-hybridized carbons (Fsp3) is 0. The molecule has 0 aliphatic rings. The second kappa shape index (κ2) is 10.8. The second-order valence-electron chi connectivity index (χ2n) is 13.3. The molecule has 0 aliphatic heterocycles. The molecule has 0 fully saturated rings. The highest BCUT2D eigenvalue weighted by Gasteiger charge is 2.24. The Bertz CT molecular complexity index is 2930. The first-order valence-electron chi connectivity index (χ1n) is 17.5. The lowest BCUT2D eigenvalue weighted by atomic mass is 9.95. The summed E-state index contributed by atoms with van der Waals surface area (Å²) in [6, 6.07) is 68.3. The smallest absolute Gasteiger partial charge is 0.0618 e. The highest BCUT2D eigenvalue weighted by atomic mass is 15.0. The van der Waals surface area contributed by atoms with Gasteiger partial charge in [0.2, 0.25) is 0 Å². The van der Waals surface area contributed by atoms with E-state index in [-0.39, 0.29) is 0 Å². The normalized spacial score (nSPS) is 11.9. The molecule has 0 bridgehead atoms. The minimum Gasteiger partial charge on any atom is -0.309 e. The van der Waals surface area contributed by atoms with E-state index in [2.05, 4.69) is 202 Å². The fourth-order valence-corrected chi connectivity index (χ4v) is 8.53. The van der Waals surface area contributed by atoms with Crippen LogP contribution in [0.25, 0.3) is 94.0 Å². The van der Waals surface area contributed by atoms with Crippen molar-refractivity contribution in [2.45, 2.75) is 0 Å². The lowest BCUT2D eigenvalue weighted by Crippen LogP contribution is -2.01. The summed E-state index contributed by atoms with van der Waals surface area (Å²) >= 11 is 0. The Morgan fingerprint density at radius 3 is 1.31 bits per heavy atom. The molecule has 0 saturated carbocycles. The van der Waals surface area contributed by atoms with E-state index in [0.29, 0.717) is 0 Å². The maximum absolute atomic E-state index is 2.49. The van der Waals surface area contributed by atoms with E-state index in [1.165, 1.54) is 88.3 Å². The highest BCUT2D eigenvalue weighted by molar-refractivity contribution is 6.25. The Kier molecular flexibility index (Phi) is 5.96. The average Bonchev–Trinajstić information content (AvgIpc) is 3.85. The number of rotatable bonds is 5. The zero-order valence-electron chi connectivity index (χ0n) is 27.7. The van der Waals surface area contributed by atoms with Gasteiger partial charge in [-0.1, -0.05) is 127 Å². The van der Waals surface area contributed by atoms with Crippen LogP contribution in [0.4, 0.5) is 0 Å². The molecule has 0 unspecified atom stereocenters. The third kappa shape index (κ3) is 4.00. The Morgan fingerprint density at radius 1 is 0.275 bits per heavy atom. The molecular formula is C48H31N3. The lowest BCUT2D eigenvalue weighted by Gasteiger charge is -2.19. The number of hydrogen-bond acceptors (Lipinski definition) is 0. The van der Waals surface area contributed by atoms with Crippen molar-refractivity contribution in [2.75, 3.05) is 0 Å². The summed E-state index contributed by atoms with van der Waals surface area (Å²) < 4.78 is 7.35. The van der Waals surface area contributed by atoms with Crippen LogP contribution < -0.4 is 0 Å². The second-order valence-corrected chi connectivity index (χ2v) is 13.3. The standard InChI is InChI=1S/C48H31N3/c1-4-15-32(16-5-1)36-22-12-23-37(33-17-6-2-7-18-33)48(36)51-40-24-11-10-21-38(40)39-31-35(29-30-41(39)51)50-44-27-13-25-42-46(44)47-43(26-14-28-45(47)50)49(42)34-19-8-3-9-20-34/h1-31H. The zero-order valence-corrected chi connectivity index (χ0v) is 27.7. The van der Waals surface area contributed by atoms with Gasteiger partial charge in [0.05, 0.1) is 38.8 Å². The number of para-hydroxylation sites is 3. The summed E-state index contributed by atoms with van der Waals surface area (Å²) in [6.45, 7) is 0. The van der Waals surface area contributed by atoms with Crippen molar-refractivity contribution in [3.63, 3.8) is 0 Å². The fourth-order valence-electron chi connectivity index (χ4n) is 8.53. The van der Waals surface area contributed by atoms with Crippen LogP contribution in [0, 0.1) is 0 Å². The molecule has 0 radical (unpaired) electrons. The van der Waals surface area contributed by atoms with Crippen LogP contribution in [0.2, 0.25) is 0 Å². The quantitative estimate of drug-likeness (QED) is 0.176. The first kappa shape index (κ1) is 28.0. The molecule has 0 spiro atoms. The van der Waals surface area contributed by atoms with Gasteiger partial charge in [-0.2, -0.15) is 0 Å². The summed E-state index contributed by atoms with van der Waals surface area (Å²) in [5.41, 5.74) is 15.6. The Labute approximate surface area is 294 Å². The highest BCUT2D eigenvalue weighted by Crippen LogP contribution is 2.45.